The maximum atomic E-state index is 11.1. The third kappa shape index (κ3) is 3.31. The number of rotatable bonds is 5. The highest BCUT2D eigenvalue weighted by Crippen LogP contribution is 2.26. The minimum Gasteiger partial charge on any atom is -0.481 e. The van der Waals surface area contributed by atoms with Gasteiger partial charge in [0.25, 0.3) is 0 Å². The Bertz CT molecular complexity index is 595. The first kappa shape index (κ1) is 14.2. The quantitative estimate of drug-likeness (QED) is 0.890. The van der Waals surface area contributed by atoms with Crippen LogP contribution in [-0.4, -0.2) is 22.1 Å². The average Bonchev–Trinajstić information content (AvgIpc) is 3.17. The van der Waals surface area contributed by atoms with E-state index in [1.54, 1.807) is 11.3 Å². The average molecular weight is 302 g/mol. The third-order valence-electron chi connectivity index (χ3n) is 4.04. The van der Waals surface area contributed by atoms with Crippen LogP contribution in [0.15, 0.2) is 35.2 Å². The molecule has 2 aromatic rings. The standard InChI is InChI=1S/C16H18N2O2S/c19-16(20)13-2-1-3-15(13)18-9-11-4-5-14(17-8-11)12-6-7-21-10-12/h4-8,10,13,15,18H,1-3,9H2,(H,19,20)/t13-,15-/m1/s1. The van der Waals surface area contributed by atoms with Gasteiger partial charge < -0.3 is 10.4 Å². The highest BCUT2D eigenvalue weighted by molar-refractivity contribution is 7.08. The van der Waals surface area contributed by atoms with Gasteiger partial charge in [-0.15, -0.1) is 0 Å². The van der Waals surface area contributed by atoms with Crippen LogP contribution in [0.25, 0.3) is 11.3 Å². The highest BCUT2D eigenvalue weighted by Gasteiger charge is 2.32. The summed E-state index contributed by atoms with van der Waals surface area (Å²) in [4.78, 5) is 15.6. The Morgan fingerprint density at radius 1 is 1.38 bits per heavy atom. The van der Waals surface area contributed by atoms with Gasteiger partial charge in [-0.2, -0.15) is 11.3 Å². The number of aromatic nitrogens is 1. The van der Waals surface area contributed by atoms with Crippen molar-refractivity contribution in [2.75, 3.05) is 0 Å². The molecular formula is C16H18N2O2S. The Labute approximate surface area is 127 Å². The van der Waals surface area contributed by atoms with Crippen LogP contribution >= 0.6 is 11.3 Å². The van der Waals surface area contributed by atoms with E-state index >= 15 is 0 Å². The SMILES string of the molecule is O=C(O)[C@@H]1CCC[C@H]1NCc1ccc(-c2ccsc2)nc1. The van der Waals surface area contributed by atoms with Crippen LogP contribution in [0.5, 0.6) is 0 Å². The van der Waals surface area contributed by atoms with E-state index in [0.717, 1.165) is 36.1 Å². The Hall–Kier alpha value is -1.72. The molecule has 1 fully saturated rings. The second-order valence-corrected chi connectivity index (χ2v) is 6.21. The minimum atomic E-state index is -0.684. The van der Waals surface area contributed by atoms with Crippen molar-refractivity contribution < 1.29 is 9.90 Å². The number of thiophene rings is 1. The summed E-state index contributed by atoms with van der Waals surface area (Å²) in [7, 11) is 0. The van der Waals surface area contributed by atoms with Gasteiger partial charge in [-0.25, -0.2) is 0 Å². The zero-order valence-corrected chi connectivity index (χ0v) is 12.5. The summed E-state index contributed by atoms with van der Waals surface area (Å²) in [6, 6.07) is 6.21. The van der Waals surface area contributed by atoms with E-state index in [-0.39, 0.29) is 12.0 Å². The molecule has 1 aliphatic carbocycles. The summed E-state index contributed by atoms with van der Waals surface area (Å²) >= 11 is 1.66. The maximum absolute atomic E-state index is 11.1. The van der Waals surface area contributed by atoms with Crippen LogP contribution in [0.3, 0.4) is 0 Å². The lowest BCUT2D eigenvalue weighted by Crippen LogP contribution is -2.35. The van der Waals surface area contributed by atoms with Crippen molar-refractivity contribution in [3.05, 3.63) is 40.7 Å². The summed E-state index contributed by atoms with van der Waals surface area (Å²) in [5.74, 6) is -0.932. The molecule has 4 nitrogen and oxygen atoms in total. The van der Waals surface area contributed by atoms with E-state index in [1.807, 2.05) is 17.6 Å². The summed E-state index contributed by atoms with van der Waals surface area (Å²) < 4.78 is 0. The first-order valence-electron chi connectivity index (χ1n) is 7.18. The van der Waals surface area contributed by atoms with E-state index in [1.165, 1.54) is 0 Å². The number of nitrogens with zero attached hydrogens (tertiary/aromatic N) is 1. The van der Waals surface area contributed by atoms with Crippen molar-refractivity contribution in [1.29, 1.82) is 0 Å². The molecule has 2 heterocycles. The topological polar surface area (TPSA) is 62.2 Å². The number of carboxylic acid groups (broad SMARTS) is 1. The Balaban J connectivity index is 1.60. The summed E-state index contributed by atoms with van der Waals surface area (Å²) in [5, 5.41) is 16.7. The fourth-order valence-corrected chi connectivity index (χ4v) is 3.51. The van der Waals surface area contributed by atoms with Crippen LogP contribution < -0.4 is 5.32 Å². The molecule has 0 amide bonds. The number of hydrogen-bond donors (Lipinski definition) is 2. The van der Waals surface area contributed by atoms with Crippen LogP contribution in [0.2, 0.25) is 0 Å². The second kappa shape index (κ2) is 6.37. The van der Waals surface area contributed by atoms with Crippen molar-refractivity contribution in [3.8, 4) is 11.3 Å². The van der Waals surface area contributed by atoms with Gasteiger partial charge in [0.05, 0.1) is 11.6 Å². The molecule has 21 heavy (non-hydrogen) atoms. The molecule has 0 saturated heterocycles. The molecule has 0 spiro atoms. The van der Waals surface area contributed by atoms with E-state index in [2.05, 4.69) is 27.8 Å². The number of hydrogen-bond acceptors (Lipinski definition) is 4. The molecule has 2 N–H and O–H groups in total. The first-order chi connectivity index (χ1) is 10.2. The molecule has 0 bridgehead atoms. The smallest absolute Gasteiger partial charge is 0.308 e. The van der Waals surface area contributed by atoms with Crippen molar-refractivity contribution in [2.24, 2.45) is 5.92 Å². The lowest BCUT2D eigenvalue weighted by Gasteiger charge is -2.17. The number of aliphatic carboxylic acids is 1. The normalized spacial score (nSPS) is 21.5. The van der Waals surface area contributed by atoms with Gasteiger partial charge in [0.15, 0.2) is 0 Å². The predicted octanol–water partition coefficient (Wildman–Crippen LogP) is 3.15. The summed E-state index contributed by atoms with van der Waals surface area (Å²) in [6.45, 7) is 0.672. The number of pyridine rings is 1. The van der Waals surface area contributed by atoms with Crippen molar-refractivity contribution in [1.82, 2.24) is 10.3 Å². The fourth-order valence-electron chi connectivity index (χ4n) is 2.86. The molecule has 110 valence electrons. The molecule has 0 aliphatic heterocycles. The van der Waals surface area contributed by atoms with Crippen LogP contribution in [0.1, 0.15) is 24.8 Å². The van der Waals surface area contributed by atoms with E-state index in [4.69, 9.17) is 0 Å². The molecule has 1 aliphatic rings. The molecule has 0 radical (unpaired) electrons. The van der Waals surface area contributed by atoms with Gasteiger partial charge in [-0.1, -0.05) is 12.5 Å². The largest absolute Gasteiger partial charge is 0.481 e. The molecule has 0 unspecified atom stereocenters. The van der Waals surface area contributed by atoms with Crippen LogP contribution in [0, 0.1) is 5.92 Å². The molecule has 0 aromatic carbocycles. The monoisotopic (exact) mass is 302 g/mol. The lowest BCUT2D eigenvalue weighted by molar-refractivity contribution is -0.142. The first-order valence-corrected chi connectivity index (χ1v) is 8.12. The molecule has 1 saturated carbocycles. The lowest BCUT2D eigenvalue weighted by atomic mass is 10.0. The highest BCUT2D eigenvalue weighted by atomic mass is 32.1. The summed E-state index contributed by atoms with van der Waals surface area (Å²) in [5.41, 5.74) is 3.20. The van der Waals surface area contributed by atoms with Gasteiger partial charge in [0.2, 0.25) is 0 Å². The van der Waals surface area contributed by atoms with E-state index in [0.29, 0.717) is 6.54 Å². The molecule has 3 rings (SSSR count). The third-order valence-corrected chi connectivity index (χ3v) is 4.73. The molecule has 5 heteroatoms. The Morgan fingerprint density at radius 2 is 2.29 bits per heavy atom. The van der Waals surface area contributed by atoms with Crippen LogP contribution in [0.4, 0.5) is 0 Å². The van der Waals surface area contributed by atoms with Gasteiger partial charge in [0.1, 0.15) is 0 Å². The maximum Gasteiger partial charge on any atom is 0.308 e. The van der Waals surface area contributed by atoms with E-state index < -0.39 is 5.97 Å². The van der Waals surface area contributed by atoms with Gasteiger partial charge in [-0.3, -0.25) is 9.78 Å². The number of carbonyl (C=O) groups is 1. The Kier molecular flexibility index (Phi) is 4.31. The fraction of sp³-hybridized carbons (Fsp3) is 0.375. The van der Waals surface area contributed by atoms with Crippen molar-refractivity contribution >= 4 is 17.3 Å². The summed E-state index contributed by atoms with van der Waals surface area (Å²) in [6.07, 6.45) is 4.58. The van der Waals surface area contributed by atoms with Gasteiger partial charge in [-0.05, 0) is 35.9 Å². The number of carboxylic acids is 1. The van der Waals surface area contributed by atoms with Gasteiger partial charge >= 0.3 is 5.97 Å². The van der Waals surface area contributed by atoms with E-state index in [9.17, 15) is 9.90 Å². The second-order valence-electron chi connectivity index (χ2n) is 5.43. The molecular weight excluding hydrogens is 284 g/mol. The van der Waals surface area contributed by atoms with Crippen molar-refractivity contribution in [3.63, 3.8) is 0 Å². The molecule has 2 aromatic heterocycles. The minimum absolute atomic E-state index is 0.0825. The van der Waals surface area contributed by atoms with Crippen LogP contribution in [-0.2, 0) is 11.3 Å². The zero-order valence-electron chi connectivity index (χ0n) is 11.7. The van der Waals surface area contributed by atoms with Gasteiger partial charge in [0, 0.05) is 29.7 Å². The predicted molar refractivity (Wildman–Crippen MR) is 83.2 cm³/mol. The molecule has 2 atom stereocenters. The Morgan fingerprint density at radius 3 is 2.95 bits per heavy atom. The number of nitrogens with one attached hydrogen (secondary N) is 1. The zero-order chi connectivity index (χ0) is 14.7. The van der Waals surface area contributed by atoms with Crippen molar-refractivity contribution in [2.45, 2.75) is 31.8 Å².